The van der Waals surface area contributed by atoms with Gasteiger partial charge in [-0.25, -0.2) is 0 Å². The maximum absolute atomic E-state index is 5.90. The second-order valence-electron chi connectivity index (χ2n) is 5.98. The molecule has 0 radical (unpaired) electrons. The van der Waals surface area contributed by atoms with E-state index < -0.39 is 0 Å². The van der Waals surface area contributed by atoms with E-state index in [2.05, 4.69) is 25.5 Å². The monoisotopic (exact) mass is 293 g/mol. The summed E-state index contributed by atoms with van der Waals surface area (Å²) in [6.45, 7) is 8.34. The highest BCUT2D eigenvalue weighted by Crippen LogP contribution is 2.17. The van der Waals surface area contributed by atoms with Crippen LogP contribution in [0.15, 0.2) is 0 Å². The molecule has 0 saturated heterocycles. The zero-order chi connectivity index (χ0) is 15.5. The topological polar surface area (TPSA) is 43.8 Å². The van der Waals surface area contributed by atoms with Crippen LogP contribution in [0.1, 0.15) is 89.1 Å². The molecule has 2 N–H and O–H groups in total. The number of hydrogen-bond acceptors (Lipinski definition) is 2. The molecule has 0 atom stereocenters. The lowest BCUT2D eigenvalue weighted by Gasteiger charge is -2.07. The average molecular weight is 293 g/mol. The third-order valence-electron chi connectivity index (χ3n) is 4.35. The van der Waals surface area contributed by atoms with Crippen molar-refractivity contribution in [2.45, 2.75) is 98.1 Å². The Labute approximate surface area is 131 Å². The van der Waals surface area contributed by atoms with Crippen molar-refractivity contribution in [3.8, 4) is 0 Å². The van der Waals surface area contributed by atoms with E-state index in [9.17, 15) is 0 Å². The zero-order valence-corrected chi connectivity index (χ0v) is 14.5. The highest BCUT2D eigenvalue weighted by atomic mass is 15.3. The van der Waals surface area contributed by atoms with Gasteiger partial charge in [-0.05, 0) is 19.3 Å². The van der Waals surface area contributed by atoms with E-state index in [0.29, 0.717) is 6.54 Å². The molecule has 1 aromatic heterocycles. The molecule has 21 heavy (non-hydrogen) atoms. The fourth-order valence-electron chi connectivity index (χ4n) is 3.08. The van der Waals surface area contributed by atoms with Crippen LogP contribution >= 0.6 is 0 Å². The van der Waals surface area contributed by atoms with Gasteiger partial charge in [-0.1, -0.05) is 65.7 Å². The van der Waals surface area contributed by atoms with Gasteiger partial charge in [0.25, 0.3) is 0 Å². The quantitative estimate of drug-likeness (QED) is 0.572. The van der Waals surface area contributed by atoms with E-state index in [-0.39, 0.29) is 0 Å². The molecule has 0 aliphatic rings. The van der Waals surface area contributed by atoms with Crippen LogP contribution in [-0.4, -0.2) is 9.78 Å². The molecule has 122 valence electrons. The van der Waals surface area contributed by atoms with E-state index in [1.165, 1.54) is 68.3 Å². The van der Waals surface area contributed by atoms with Crippen LogP contribution in [0.25, 0.3) is 0 Å². The minimum atomic E-state index is 0.629. The van der Waals surface area contributed by atoms with Crippen LogP contribution in [-0.2, 0) is 25.9 Å². The van der Waals surface area contributed by atoms with E-state index >= 15 is 0 Å². The predicted molar refractivity (Wildman–Crippen MR) is 91.5 cm³/mol. The number of aromatic nitrogens is 2. The molecule has 1 aromatic rings. The molecule has 0 amide bonds. The summed E-state index contributed by atoms with van der Waals surface area (Å²) in [6, 6.07) is 0. The van der Waals surface area contributed by atoms with Crippen LogP contribution in [0, 0.1) is 0 Å². The van der Waals surface area contributed by atoms with Crippen molar-refractivity contribution < 1.29 is 0 Å². The van der Waals surface area contributed by atoms with E-state index in [4.69, 9.17) is 10.8 Å². The van der Waals surface area contributed by atoms with Gasteiger partial charge in [0.1, 0.15) is 0 Å². The van der Waals surface area contributed by atoms with Crippen molar-refractivity contribution in [2.24, 2.45) is 5.73 Å². The Hall–Kier alpha value is -0.830. The second-order valence-corrected chi connectivity index (χ2v) is 5.98. The zero-order valence-electron chi connectivity index (χ0n) is 14.5. The van der Waals surface area contributed by atoms with Crippen LogP contribution in [0.2, 0.25) is 0 Å². The molecule has 0 bridgehead atoms. The lowest BCUT2D eigenvalue weighted by Crippen LogP contribution is -2.07. The number of aryl methyl sites for hydroxylation is 2. The van der Waals surface area contributed by atoms with Crippen LogP contribution in [0.5, 0.6) is 0 Å². The maximum Gasteiger partial charge on any atom is 0.0669 e. The Kier molecular flexibility index (Phi) is 9.40. The van der Waals surface area contributed by atoms with Crippen molar-refractivity contribution in [3.05, 3.63) is 17.0 Å². The summed E-state index contributed by atoms with van der Waals surface area (Å²) < 4.78 is 2.22. The molecule has 1 heterocycles. The molecular formula is C18H35N3. The lowest BCUT2D eigenvalue weighted by atomic mass is 10.1. The largest absolute Gasteiger partial charge is 0.326 e. The summed E-state index contributed by atoms with van der Waals surface area (Å²) >= 11 is 0. The number of nitrogens with zero attached hydrogens (tertiary/aromatic N) is 2. The lowest BCUT2D eigenvalue weighted by molar-refractivity contribution is 0.506. The molecule has 0 fully saturated rings. The first-order chi connectivity index (χ1) is 10.3. The Morgan fingerprint density at radius 2 is 1.48 bits per heavy atom. The highest BCUT2D eigenvalue weighted by Gasteiger charge is 2.13. The van der Waals surface area contributed by atoms with E-state index in [1.807, 2.05) is 0 Å². The second kappa shape index (κ2) is 10.8. The number of nitrogens with two attached hydrogens (primary N) is 1. The molecule has 1 rings (SSSR count). The van der Waals surface area contributed by atoms with Gasteiger partial charge in [-0.2, -0.15) is 5.10 Å². The fourth-order valence-corrected chi connectivity index (χ4v) is 3.08. The number of hydrogen-bond donors (Lipinski definition) is 1. The summed E-state index contributed by atoms with van der Waals surface area (Å²) in [7, 11) is 0. The molecule has 3 nitrogen and oxygen atoms in total. The van der Waals surface area contributed by atoms with Crippen molar-refractivity contribution in [2.75, 3.05) is 0 Å². The summed E-state index contributed by atoms with van der Waals surface area (Å²) in [4.78, 5) is 0. The normalized spacial score (nSPS) is 11.2. The predicted octanol–water partition coefficient (Wildman–Crippen LogP) is 4.61. The van der Waals surface area contributed by atoms with Gasteiger partial charge < -0.3 is 5.73 Å². The minimum Gasteiger partial charge on any atom is -0.326 e. The van der Waals surface area contributed by atoms with Gasteiger partial charge in [0, 0.05) is 24.3 Å². The Balaban J connectivity index is 2.33. The first-order valence-electron chi connectivity index (χ1n) is 9.05. The molecule has 0 unspecified atom stereocenters. The third-order valence-corrected chi connectivity index (χ3v) is 4.35. The molecule has 0 aliphatic heterocycles. The van der Waals surface area contributed by atoms with Gasteiger partial charge in [-0.15, -0.1) is 0 Å². The van der Waals surface area contributed by atoms with Gasteiger partial charge in [0.05, 0.1) is 5.69 Å². The van der Waals surface area contributed by atoms with Crippen molar-refractivity contribution in [1.29, 1.82) is 0 Å². The summed E-state index contributed by atoms with van der Waals surface area (Å²) in [5.74, 6) is 0. The first kappa shape index (κ1) is 18.2. The van der Waals surface area contributed by atoms with Crippen LogP contribution < -0.4 is 5.73 Å². The standard InChI is InChI=1S/C18H35N3/c1-4-7-8-9-10-11-12-13-14-21-18(6-3)16(15-19)17(5-2)20-21/h4-15,19H2,1-3H3. The summed E-state index contributed by atoms with van der Waals surface area (Å²) in [5.41, 5.74) is 9.75. The van der Waals surface area contributed by atoms with Crippen molar-refractivity contribution in [3.63, 3.8) is 0 Å². The minimum absolute atomic E-state index is 0.629. The first-order valence-corrected chi connectivity index (χ1v) is 9.05. The number of unbranched alkanes of at least 4 members (excludes halogenated alkanes) is 7. The maximum atomic E-state index is 5.90. The molecule has 0 aromatic carbocycles. The molecule has 0 aliphatic carbocycles. The Morgan fingerprint density at radius 3 is 2.00 bits per heavy atom. The van der Waals surface area contributed by atoms with Gasteiger partial charge in [0.2, 0.25) is 0 Å². The van der Waals surface area contributed by atoms with Gasteiger partial charge >= 0.3 is 0 Å². The van der Waals surface area contributed by atoms with Gasteiger partial charge in [-0.3, -0.25) is 4.68 Å². The van der Waals surface area contributed by atoms with E-state index in [1.54, 1.807) is 0 Å². The van der Waals surface area contributed by atoms with Gasteiger partial charge in [0.15, 0.2) is 0 Å². The van der Waals surface area contributed by atoms with E-state index in [0.717, 1.165) is 19.4 Å². The van der Waals surface area contributed by atoms with Crippen LogP contribution in [0.3, 0.4) is 0 Å². The van der Waals surface area contributed by atoms with Crippen LogP contribution in [0.4, 0.5) is 0 Å². The molecule has 0 saturated carbocycles. The average Bonchev–Trinajstić information content (AvgIpc) is 2.86. The Morgan fingerprint density at radius 1 is 0.857 bits per heavy atom. The highest BCUT2D eigenvalue weighted by molar-refractivity contribution is 5.26. The van der Waals surface area contributed by atoms with Crippen molar-refractivity contribution >= 4 is 0 Å². The SMILES string of the molecule is CCCCCCCCCCn1nc(CC)c(CN)c1CC. The fraction of sp³-hybridized carbons (Fsp3) is 0.833. The smallest absolute Gasteiger partial charge is 0.0669 e. The summed E-state index contributed by atoms with van der Waals surface area (Å²) in [6.07, 6.45) is 12.9. The summed E-state index contributed by atoms with van der Waals surface area (Å²) in [5, 5.41) is 4.77. The molecule has 0 spiro atoms. The molecule has 3 heteroatoms. The Bertz CT molecular complexity index is 382. The number of rotatable bonds is 12. The third kappa shape index (κ3) is 5.82. The molecular weight excluding hydrogens is 258 g/mol. The van der Waals surface area contributed by atoms with Crippen molar-refractivity contribution in [1.82, 2.24) is 9.78 Å².